The Hall–Kier alpha value is -2.97. The number of hydrogen-bond acceptors (Lipinski definition) is 6. The molecule has 0 spiro atoms. The standard InChI is InChI=1S/C12H13N5O4/c1-16-7-14-15-11(16)4-5-13-10-3-2-8(17(20)21)6-9(10)12(18)19/h2-3,6-7,13H,4-5H2,1H3,(H,18,19). The zero-order chi connectivity index (χ0) is 15.4. The highest BCUT2D eigenvalue weighted by atomic mass is 16.6. The fourth-order valence-electron chi connectivity index (χ4n) is 1.82. The van der Waals surface area contributed by atoms with E-state index in [2.05, 4.69) is 15.5 Å². The van der Waals surface area contributed by atoms with E-state index in [0.29, 0.717) is 18.7 Å². The van der Waals surface area contributed by atoms with Gasteiger partial charge in [-0.1, -0.05) is 0 Å². The van der Waals surface area contributed by atoms with Gasteiger partial charge >= 0.3 is 5.97 Å². The lowest BCUT2D eigenvalue weighted by molar-refractivity contribution is -0.384. The minimum Gasteiger partial charge on any atom is -0.478 e. The number of hydrogen-bond donors (Lipinski definition) is 2. The Kier molecular flexibility index (Phi) is 4.12. The first-order valence-corrected chi connectivity index (χ1v) is 6.07. The normalized spacial score (nSPS) is 10.3. The molecule has 21 heavy (non-hydrogen) atoms. The van der Waals surface area contributed by atoms with Crippen molar-refractivity contribution >= 4 is 17.3 Å². The van der Waals surface area contributed by atoms with Crippen molar-refractivity contribution in [2.75, 3.05) is 11.9 Å². The van der Waals surface area contributed by atoms with Crippen molar-refractivity contribution in [2.45, 2.75) is 6.42 Å². The van der Waals surface area contributed by atoms with E-state index in [4.69, 9.17) is 5.11 Å². The molecule has 0 aliphatic rings. The number of nitrogens with one attached hydrogen (secondary N) is 1. The van der Waals surface area contributed by atoms with Crippen molar-refractivity contribution in [3.8, 4) is 0 Å². The topological polar surface area (TPSA) is 123 Å². The highest BCUT2D eigenvalue weighted by molar-refractivity contribution is 5.95. The van der Waals surface area contributed by atoms with Crippen molar-refractivity contribution in [2.24, 2.45) is 7.05 Å². The third-order valence-corrected chi connectivity index (χ3v) is 2.91. The summed E-state index contributed by atoms with van der Waals surface area (Å²) in [4.78, 5) is 21.2. The molecule has 1 heterocycles. The summed E-state index contributed by atoms with van der Waals surface area (Å²) in [6.07, 6.45) is 2.12. The summed E-state index contributed by atoms with van der Waals surface area (Å²) < 4.78 is 1.76. The molecule has 1 aromatic carbocycles. The van der Waals surface area contributed by atoms with Gasteiger partial charge in [0.1, 0.15) is 12.2 Å². The number of carbonyl (C=O) groups is 1. The van der Waals surface area contributed by atoms with Gasteiger partial charge in [0.2, 0.25) is 0 Å². The van der Waals surface area contributed by atoms with E-state index in [1.165, 1.54) is 12.1 Å². The van der Waals surface area contributed by atoms with Crippen LogP contribution in [0.25, 0.3) is 0 Å². The van der Waals surface area contributed by atoms with E-state index in [1.54, 1.807) is 10.9 Å². The molecule has 0 aliphatic heterocycles. The molecular formula is C12H13N5O4. The Labute approximate surface area is 119 Å². The first kappa shape index (κ1) is 14.4. The minimum absolute atomic E-state index is 0.137. The molecular weight excluding hydrogens is 278 g/mol. The molecule has 110 valence electrons. The van der Waals surface area contributed by atoms with Crippen LogP contribution in [0.5, 0.6) is 0 Å². The van der Waals surface area contributed by atoms with Gasteiger partial charge in [0, 0.05) is 37.8 Å². The fourth-order valence-corrected chi connectivity index (χ4v) is 1.82. The Morgan fingerprint density at radius 1 is 1.52 bits per heavy atom. The van der Waals surface area contributed by atoms with Crippen LogP contribution in [0, 0.1) is 10.1 Å². The van der Waals surface area contributed by atoms with Crippen LogP contribution in [0.15, 0.2) is 24.5 Å². The number of carboxylic acid groups (broad SMARTS) is 1. The number of aromatic carboxylic acids is 1. The lowest BCUT2D eigenvalue weighted by Gasteiger charge is -2.09. The van der Waals surface area contributed by atoms with Crippen molar-refractivity contribution in [3.63, 3.8) is 0 Å². The molecule has 2 N–H and O–H groups in total. The quantitative estimate of drug-likeness (QED) is 0.602. The number of nitro groups is 1. The third kappa shape index (κ3) is 3.32. The molecule has 0 unspecified atom stereocenters. The van der Waals surface area contributed by atoms with Crippen LogP contribution in [0.4, 0.5) is 11.4 Å². The molecule has 9 nitrogen and oxygen atoms in total. The van der Waals surface area contributed by atoms with Crippen LogP contribution < -0.4 is 5.32 Å². The summed E-state index contributed by atoms with van der Waals surface area (Å²) in [5, 5.41) is 30.4. The Morgan fingerprint density at radius 3 is 2.86 bits per heavy atom. The Morgan fingerprint density at radius 2 is 2.29 bits per heavy atom. The molecule has 2 aromatic rings. The van der Waals surface area contributed by atoms with Gasteiger partial charge in [-0.15, -0.1) is 10.2 Å². The molecule has 0 radical (unpaired) electrons. The molecule has 0 saturated carbocycles. The summed E-state index contributed by atoms with van der Waals surface area (Å²) >= 11 is 0. The van der Waals surface area contributed by atoms with Gasteiger partial charge < -0.3 is 15.0 Å². The second-order valence-electron chi connectivity index (χ2n) is 4.33. The van der Waals surface area contributed by atoms with E-state index in [9.17, 15) is 14.9 Å². The van der Waals surface area contributed by atoms with Crippen LogP contribution >= 0.6 is 0 Å². The fraction of sp³-hybridized carbons (Fsp3) is 0.250. The molecule has 0 fully saturated rings. The van der Waals surface area contributed by atoms with Crippen LogP contribution in [0.3, 0.4) is 0 Å². The monoisotopic (exact) mass is 291 g/mol. The van der Waals surface area contributed by atoms with Crippen LogP contribution in [0.1, 0.15) is 16.2 Å². The van der Waals surface area contributed by atoms with E-state index in [-0.39, 0.29) is 11.3 Å². The van der Waals surface area contributed by atoms with Gasteiger partial charge in [-0.2, -0.15) is 0 Å². The predicted molar refractivity (Wildman–Crippen MR) is 73.3 cm³/mol. The summed E-state index contributed by atoms with van der Waals surface area (Å²) in [6.45, 7) is 0.435. The van der Waals surface area contributed by atoms with E-state index in [0.717, 1.165) is 11.9 Å². The van der Waals surface area contributed by atoms with Gasteiger partial charge in [-0.25, -0.2) is 4.79 Å². The lowest BCUT2D eigenvalue weighted by atomic mass is 10.1. The number of aryl methyl sites for hydroxylation is 1. The predicted octanol–water partition coefficient (Wildman–Crippen LogP) is 1.08. The first-order valence-electron chi connectivity index (χ1n) is 6.07. The maximum atomic E-state index is 11.2. The van der Waals surface area contributed by atoms with Gasteiger partial charge in [0.25, 0.3) is 5.69 Å². The smallest absolute Gasteiger partial charge is 0.338 e. The second-order valence-corrected chi connectivity index (χ2v) is 4.33. The van der Waals surface area contributed by atoms with E-state index >= 15 is 0 Å². The number of nitro benzene ring substituents is 1. The number of aromatic nitrogens is 3. The van der Waals surface area contributed by atoms with Gasteiger partial charge in [0.05, 0.1) is 10.5 Å². The summed E-state index contributed by atoms with van der Waals surface area (Å²) in [6, 6.07) is 3.68. The van der Waals surface area contributed by atoms with Gasteiger partial charge in [0.15, 0.2) is 0 Å². The maximum absolute atomic E-state index is 11.2. The summed E-state index contributed by atoms with van der Waals surface area (Å²) in [5.41, 5.74) is -0.0660. The lowest BCUT2D eigenvalue weighted by Crippen LogP contribution is -2.12. The van der Waals surface area contributed by atoms with Gasteiger partial charge in [-0.05, 0) is 6.07 Å². The highest BCUT2D eigenvalue weighted by Crippen LogP contribution is 2.22. The summed E-state index contributed by atoms with van der Waals surface area (Å²) in [5.74, 6) is -0.471. The summed E-state index contributed by atoms with van der Waals surface area (Å²) in [7, 11) is 1.81. The second kappa shape index (κ2) is 5.99. The third-order valence-electron chi connectivity index (χ3n) is 2.91. The molecule has 9 heteroatoms. The van der Waals surface area contributed by atoms with E-state index < -0.39 is 10.9 Å². The number of benzene rings is 1. The average molecular weight is 291 g/mol. The number of anilines is 1. The molecule has 1 aromatic heterocycles. The van der Waals surface area contributed by atoms with Crippen LogP contribution in [-0.4, -0.2) is 37.3 Å². The Bertz CT molecular complexity index is 682. The number of non-ortho nitro benzene ring substituents is 1. The number of nitrogens with zero attached hydrogens (tertiary/aromatic N) is 4. The van der Waals surface area contributed by atoms with Crippen LogP contribution in [-0.2, 0) is 13.5 Å². The van der Waals surface area contributed by atoms with Crippen molar-refractivity contribution in [3.05, 3.63) is 46.0 Å². The first-order chi connectivity index (χ1) is 9.99. The average Bonchev–Trinajstić information content (AvgIpc) is 2.84. The molecule has 0 bridgehead atoms. The molecule has 0 saturated heterocycles. The maximum Gasteiger partial charge on any atom is 0.338 e. The molecule has 0 aliphatic carbocycles. The van der Waals surface area contributed by atoms with Gasteiger partial charge in [-0.3, -0.25) is 10.1 Å². The zero-order valence-corrected chi connectivity index (χ0v) is 11.2. The molecule has 2 rings (SSSR count). The largest absolute Gasteiger partial charge is 0.478 e. The molecule has 0 amide bonds. The number of carboxylic acids is 1. The number of rotatable bonds is 6. The SMILES string of the molecule is Cn1cnnc1CCNc1ccc([N+](=O)[O-])cc1C(=O)O. The zero-order valence-electron chi connectivity index (χ0n) is 11.2. The minimum atomic E-state index is -1.22. The van der Waals surface area contributed by atoms with Crippen molar-refractivity contribution < 1.29 is 14.8 Å². The Balaban J connectivity index is 2.10. The van der Waals surface area contributed by atoms with Crippen molar-refractivity contribution in [1.29, 1.82) is 0 Å². The van der Waals surface area contributed by atoms with E-state index in [1.807, 2.05) is 7.05 Å². The molecule has 0 atom stereocenters. The van der Waals surface area contributed by atoms with Crippen molar-refractivity contribution in [1.82, 2.24) is 14.8 Å². The highest BCUT2D eigenvalue weighted by Gasteiger charge is 2.15. The van der Waals surface area contributed by atoms with Crippen LogP contribution in [0.2, 0.25) is 0 Å².